The number of allylic oxidation sites excluding steroid dienone is 4. The Hall–Kier alpha value is -2.08. The number of rotatable bonds is 5. The molecule has 0 spiro atoms. The van der Waals surface area contributed by atoms with Gasteiger partial charge in [-0.15, -0.1) is 0 Å². The van der Waals surface area contributed by atoms with E-state index in [1.807, 2.05) is 0 Å². The Balaban J connectivity index is 1.68. The highest BCUT2D eigenvalue weighted by atomic mass is 14.3. The number of hydrogen-bond acceptors (Lipinski definition) is 0. The maximum Gasteiger partial charge on any atom is -0.00550 e. The molecule has 0 heteroatoms. The van der Waals surface area contributed by atoms with Crippen molar-refractivity contribution in [2.45, 2.75) is 66.2 Å². The number of aryl methyl sites for hydroxylation is 2. The van der Waals surface area contributed by atoms with Crippen molar-refractivity contribution in [3.05, 3.63) is 80.9 Å². The Morgan fingerprint density at radius 1 is 0.654 bits per heavy atom. The van der Waals surface area contributed by atoms with Crippen LogP contribution in [0.1, 0.15) is 72.9 Å². The first-order chi connectivity index (χ1) is 12.6. The Kier molecular flexibility index (Phi) is 4.61. The van der Waals surface area contributed by atoms with Gasteiger partial charge in [0.2, 0.25) is 0 Å². The summed E-state index contributed by atoms with van der Waals surface area (Å²) in [6, 6.07) is 13.7. The van der Waals surface area contributed by atoms with Crippen molar-refractivity contribution in [3.8, 4) is 0 Å². The lowest BCUT2D eigenvalue weighted by molar-refractivity contribution is 0.991. The fraction of sp³-hybridized carbons (Fsp3) is 0.385. The fourth-order valence-corrected chi connectivity index (χ4v) is 5.17. The van der Waals surface area contributed by atoms with Gasteiger partial charge in [0.05, 0.1) is 0 Å². The third-order valence-corrected chi connectivity index (χ3v) is 6.46. The van der Waals surface area contributed by atoms with Gasteiger partial charge in [-0.05, 0) is 96.9 Å². The minimum absolute atomic E-state index is 1.16. The van der Waals surface area contributed by atoms with Crippen LogP contribution in [-0.4, -0.2) is 0 Å². The highest BCUT2D eigenvalue weighted by Gasteiger charge is 2.25. The summed E-state index contributed by atoms with van der Waals surface area (Å²) >= 11 is 0. The van der Waals surface area contributed by atoms with E-state index >= 15 is 0 Å². The summed E-state index contributed by atoms with van der Waals surface area (Å²) in [6.07, 6.45) is 7.06. The van der Waals surface area contributed by atoms with Crippen LogP contribution in [0.5, 0.6) is 0 Å². The molecule has 0 nitrogen and oxygen atoms in total. The highest BCUT2D eigenvalue weighted by Crippen LogP contribution is 2.44. The van der Waals surface area contributed by atoms with Crippen LogP contribution < -0.4 is 0 Å². The van der Waals surface area contributed by atoms with Crippen LogP contribution in [-0.2, 0) is 12.8 Å². The quantitative estimate of drug-likeness (QED) is 0.538. The van der Waals surface area contributed by atoms with E-state index in [-0.39, 0.29) is 0 Å². The normalized spacial score (nSPS) is 15.7. The molecular formula is C26H30. The van der Waals surface area contributed by atoms with Gasteiger partial charge in [0.25, 0.3) is 0 Å². The van der Waals surface area contributed by atoms with E-state index in [1.54, 1.807) is 44.5 Å². The summed E-state index contributed by atoms with van der Waals surface area (Å²) in [4.78, 5) is 0. The Bertz CT molecular complexity index is 844. The third-order valence-electron chi connectivity index (χ3n) is 6.46. The molecule has 2 aliphatic rings. The molecule has 2 aliphatic carbocycles. The monoisotopic (exact) mass is 342 g/mol. The molecule has 0 saturated carbocycles. The molecule has 2 aromatic carbocycles. The average molecular weight is 343 g/mol. The molecule has 0 unspecified atom stereocenters. The minimum atomic E-state index is 1.16. The smallest absolute Gasteiger partial charge is 0.00550 e. The van der Waals surface area contributed by atoms with E-state index in [2.05, 4.69) is 64.1 Å². The van der Waals surface area contributed by atoms with E-state index < -0.39 is 0 Å². The molecule has 0 fully saturated rings. The molecule has 0 bridgehead atoms. The van der Waals surface area contributed by atoms with E-state index in [9.17, 15) is 0 Å². The molecule has 0 aromatic heterocycles. The van der Waals surface area contributed by atoms with Crippen molar-refractivity contribution < 1.29 is 0 Å². The van der Waals surface area contributed by atoms with E-state index in [4.69, 9.17) is 0 Å². The van der Waals surface area contributed by atoms with Gasteiger partial charge in [-0.25, -0.2) is 0 Å². The van der Waals surface area contributed by atoms with Gasteiger partial charge in [-0.2, -0.15) is 0 Å². The van der Waals surface area contributed by atoms with Crippen molar-refractivity contribution in [2.75, 3.05) is 0 Å². The Morgan fingerprint density at radius 2 is 1.08 bits per heavy atom. The van der Waals surface area contributed by atoms with Crippen LogP contribution in [0.4, 0.5) is 0 Å². The maximum atomic E-state index is 2.33. The summed E-state index contributed by atoms with van der Waals surface area (Å²) < 4.78 is 0. The minimum Gasteiger partial charge on any atom is -0.0622 e. The van der Waals surface area contributed by atoms with E-state index in [1.165, 1.54) is 36.8 Å². The summed E-state index contributed by atoms with van der Waals surface area (Å²) in [6.45, 7) is 9.21. The molecule has 0 N–H and O–H groups in total. The van der Waals surface area contributed by atoms with Gasteiger partial charge in [-0.1, -0.05) is 61.4 Å². The molecule has 26 heavy (non-hydrogen) atoms. The van der Waals surface area contributed by atoms with Crippen molar-refractivity contribution >= 4 is 11.1 Å². The second-order valence-corrected chi connectivity index (χ2v) is 7.94. The van der Waals surface area contributed by atoms with E-state index in [0.717, 1.165) is 12.8 Å². The highest BCUT2D eigenvalue weighted by molar-refractivity contribution is 5.83. The first kappa shape index (κ1) is 17.3. The zero-order valence-corrected chi connectivity index (χ0v) is 16.7. The van der Waals surface area contributed by atoms with Crippen LogP contribution >= 0.6 is 0 Å². The molecule has 4 rings (SSSR count). The van der Waals surface area contributed by atoms with E-state index in [0.29, 0.717) is 0 Å². The number of benzene rings is 2. The molecule has 0 aliphatic heterocycles. The third kappa shape index (κ3) is 2.76. The van der Waals surface area contributed by atoms with Crippen molar-refractivity contribution in [2.24, 2.45) is 0 Å². The zero-order chi connectivity index (χ0) is 18.3. The zero-order valence-electron chi connectivity index (χ0n) is 16.7. The average Bonchev–Trinajstić information content (AvgIpc) is 3.19. The molecule has 0 amide bonds. The van der Waals surface area contributed by atoms with Gasteiger partial charge in [0.1, 0.15) is 0 Å². The molecular weight excluding hydrogens is 312 g/mol. The summed E-state index contributed by atoms with van der Waals surface area (Å²) in [5.74, 6) is 0. The molecule has 0 radical (unpaired) electrons. The SMILES string of the molecule is CCC1=C(CCC2=C(CC)Cc3cccc(C)c32)c2c(C)cccc2C1. The predicted octanol–water partition coefficient (Wildman–Crippen LogP) is 7.22. The van der Waals surface area contributed by atoms with Crippen LogP contribution in [0.25, 0.3) is 11.1 Å². The molecule has 0 heterocycles. The van der Waals surface area contributed by atoms with Crippen molar-refractivity contribution in [1.29, 1.82) is 0 Å². The second kappa shape index (κ2) is 6.91. The Labute approximate surface area is 158 Å². The van der Waals surface area contributed by atoms with Gasteiger partial charge in [0, 0.05) is 0 Å². The first-order valence-corrected chi connectivity index (χ1v) is 10.2. The molecule has 0 atom stereocenters. The lowest BCUT2D eigenvalue weighted by atomic mass is 9.90. The summed E-state index contributed by atoms with van der Waals surface area (Å²) in [5.41, 5.74) is 15.7. The number of fused-ring (bicyclic) bond motifs is 2. The fourth-order valence-electron chi connectivity index (χ4n) is 5.17. The maximum absolute atomic E-state index is 2.33. The lowest BCUT2D eigenvalue weighted by Gasteiger charge is -2.14. The topological polar surface area (TPSA) is 0 Å². The van der Waals surface area contributed by atoms with Crippen molar-refractivity contribution in [1.82, 2.24) is 0 Å². The van der Waals surface area contributed by atoms with Gasteiger partial charge < -0.3 is 0 Å². The van der Waals surface area contributed by atoms with Crippen LogP contribution in [0.2, 0.25) is 0 Å². The summed E-state index contributed by atoms with van der Waals surface area (Å²) in [7, 11) is 0. The van der Waals surface area contributed by atoms with Gasteiger partial charge >= 0.3 is 0 Å². The van der Waals surface area contributed by atoms with Crippen LogP contribution in [0.15, 0.2) is 47.5 Å². The van der Waals surface area contributed by atoms with Crippen LogP contribution in [0, 0.1) is 13.8 Å². The molecule has 134 valence electrons. The lowest BCUT2D eigenvalue weighted by Crippen LogP contribution is -1.94. The van der Waals surface area contributed by atoms with Gasteiger partial charge in [-0.3, -0.25) is 0 Å². The van der Waals surface area contributed by atoms with Crippen LogP contribution in [0.3, 0.4) is 0 Å². The largest absolute Gasteiger partial charge is 0.0622 e. The molecule has 0 saturated heterocycles. The second-order valence-electron chi connectivity index (χ2n) is 7.94. The van der Waals surface area contributed by atoms with Gasteiger partial charge in [0.15, 0.2) is 0 Å². The predicted molar refractivity (Wildman–Crippen MR) is 113 cm³/mol. The summed E-state index contributed by atoms with van der Waals surface area (Å²) in [5, 5.41) is 0. The molecule has 2 aromatic rings. The standard InChI is InChI=1S/C26H30/c1-5-19-15-21-11-7-9-17(3)25(21)23(19)13-14-24-20(6-2)16-22-12-8-10-18(4)26(22)24/h7-12H,5-6,13-16H2,1-4H3. The number of hydrogen-bond donors (Lipinski definition) is 0. The Morgan fingerprint density at radius 3 is 1.46 bits per heavy atom. The first-order valence-electron chi connectivity index (χ1n) is 10.2. The van der Waals surface area contributed by atoms with Crippen molar-refractivity contribution in [3.63, 3.8) is 0 Å².